The van der Waals surface area contributed by atoms with E-state index in [2.05, 4.69) is 87.7 Å². The van der Waals surface area contributed by atoms with Crippen LogP contribution in [0, 0.1) is 21.4 Å². The summed E-state index contributed by atoms with van der Waals surface area (Å²) in [7, 11) is -4.43. The molecule has 3 aromatic carbocycles. The molecule has 0 bridgehead atoms. The van der Waals surface area contributed by atoms with E-state index in [4.69, 9.17) is 19.2 Å². The monoisotopic (exact) mass is 1020 g/mol. The largest absolute Gasteiger partial charge is 0.491 e. The molecule has 1 spiro atoms. The Morgan fingerprint density at radius 3 is 2.25 bits per heavy atom. The molecule has 2 aliphatic carbocycles. The number of rotatable bonds is 17. The van der Waals surface area contributed by atoms with E-state index in [0.29, 0.717) is 38.6 Å². The molecule has 1 aromatic heterocycles. The Kier molecular flexibility index (Phi) is 15.9. The Labute approximate surface area is 430 Å². The molecule has 5 aliphatic rings. The average molecular weight is 1020 g/mol. The first kappa shape index (κ1) is 52.3. The predicted molar refractivity (Wildman–Crippen MR) is 282 cm³/mol. The van der Waals surface area contributed by atoms with Crippen molar-refractivity contribution in [1.29, 1.82) is 0 Å². The average Bonchev–Trinajstić information content (AvgIpc) is 3.35. The fourth-order valence-corrected chi connectivity index (χ4v) is 12.6. The van der Waals surface area contributed by atoms with E-state index in [1.54, 1.807) is 12.1 Å². The molecule has 0 unspecified atom stereocenters. The summed E-state index contributed by atoms with van der Waals surface area (Å²) in [5, 5.41) is 25.4. The highest BCUT2D eigenvalue weighted by atomic mass is 32.2. The van der Waals surface area contributed by atoms with Gasteiger partial charge >= 0.3 is 0 Å². The molecule has 1 amide bonds. The van der Waals surface area contributed by atoms with Crippen molar-refractivity contribution in [3.63, 3.8) is 0 Å². The lowest BCUT2D eigenvalue weighted by atomic mass is 9.59. The minimum absolute atomic E-state index is 0.0268. The number of aromatic nitrogens is 1. The highest BCUT2D eigenvalue weighted by molar-refractivity contribution is 7.90. The second-order valence-corrected chi connectivity index (χ2v) is 23.6. The van der Waals surface area contributed by atoms with Gasteiger partial charge in [-0.05, 0) is 151 Å². The third-order valence-corrected chi connectivity index (χ3v) is 17.0. The van der Waals surface area contributed by atoms with Crippen molar-refractivity contribution in [3.05, 3.63) is 106 Å². The number of hydrogen-bond acceptors (Lipinski definition) is 15. The number of amides is 1. The second kappa shape index (κ2) is 22.1. The van der Waals surface area contributed by atoms with Crippen LogP contribution in [0.1, 0.15) is 114 Å². The third kappa shape index (κ3) is 12.5. The fraction of sp³-hybridized carbons (Fsp3) is 0.564. The number of anilines is 3. The highest BCUT2D eigenvalue weighted by Gasteiger charge is 2.50. The number of nitro benzene ring substituents is 1. The van der Waals surface area contributed by atoms with Crippen LogP contribution in [0.25, 0.3) is 0 Å². The van der Waals surface area contributed by atoms with E-state index in [1.807, 2.05) is 25.3 Å². The van der Waals surface area contributed by atoms with Crippen LogP contribution in [0.15, 0.2) is 83.9 Å². The predicted octanol–water partition coefficient (Wildman–Crippen LogP) is 8.18. The van der Waals surface area contributed by atoms with E-state index in [-0.39, 0.29) is 45.7 Å². The molecule has 4 heterocycles. The first-order valence-corrected chi connectivity index (χ1v) is 27.8. The van der Waals surface area contributed by atoms with E-state index < -0.39 is 32.1 Å². The van der Waals surface area contributed by atoms with E-state index in [0.717, 1.165) is 126 Å². The molecule has 17 nitrogen and oxygen atoms in total. The smallest absolute Gasteiger partial charge is 0.293 e. The standard InChI is InChI=1S/C55H74N8O9S/c1-38(2)71-50-9-7-6-8-46(50)49-37-59(36-41-30-51(72-39(3)4)52(57-35-41)61-26-28-70-29-27-61)24-25-62(49)44-32-55(33-44)20-22-60(23-21-55)43-12-10-42(11-13-43)53(64)58-73(68,69)45-14-15-47(48(31-45)63(66)67)56-34-40-16-18-54(5,65)19-17-40/h6-15,30-31,35,38-40,44,49,56,65H,16-29,32-34,36-37H2,1-5H3,(H,58,64)/t40?,49-,54?/m1/s1. The Morgan fingerprint density at radius 2 is 1.56 bits per heavy atom. The summed E-state index contributed by atoms with van der Waals surface area (Å²) in [6.07, 6.45) is 9.33. The number of nitro groups is 1. The van der Waals surface area contributed by atoms with Gasteiger partial charge in [-0.1, -0.05) is 18.2 Å². The maximum absolute atomic E-state index is 13.4. The summed E-state index contributed by atoms with van der Waals surface area (Å²) < 4.78 is 47.3. The van der Waals surface area contributed by atoms with Crippen LogP contribution in [0.2, 0.25) is 0 Å². The summed E-state index contributed by atoms with van der Waals surface area (Å²) in [5.41, 5.74) is 2.86. The highest BCUT2D eigenvalue weighted by Crippen LogP contribution is 2.53. The maximum Gasteiger partial charge on any atom is 0.293 e. The Morgan fingerprint density at radius 1 is 0.877 bits per heavy atom. The molecule has 3 saturated heterocycles. The zero-order chi connectivity index (χ0) is 51.5. The van der Waals surface area contributed by atoms with Gasteiger partial charge in [-0.3, -0.25) is 24.7 Å². The number of piperazine rings is 1. The van der Waals surface area contributed by atoms with E-state index in [9.17, 15) is 28.4 Å². The molecule has 9 rings (SSSR count). The fourth-order valence-electron chi connectivity index (χ4n) is 11.6. The zero-order valence-electron chi connectivity index (χ0n) is 43.1. The second-order valence-electron chi connectivity index (χ2n) is 21.9. The van der Waals surface area contributed by atoms with Gasteiger partial charge < -0.3 is 34.4 Å². The lowest BCUT2D eigenvalue weighted by Crippen LogP contribution is -2.59. The molecule has 73 heavy (non-hydrogen) atoms. The van der Waals surface area contributed by atoms with Crippen molar-refractivity contribution in [2.24, 2.45) is 11.3 Å². The van der Waals surface area contributed by atoms with Gasteiger partial charge in [0.1, 0.15) is 11.4 Å². The summed E-state index contributed by atoms with van der Waals surface area (Å²) >= 11 is 0. The number of para-hydroxylation sites is 1. The molecule has 18 heteroatoms. The third-order valence-electron chi connectivity index (χ3n) is 15.7. The molecule has 0 radical (unpaired) electrons. The van der Waals surface area contributed by atoms with Gasteiger partial charge in [0.15, 0.2) is 11.6 Å². The van der Waals surface area contributed by atoms with Gasteiger partial charge in [-0.15, -0.1) is 0 Å². The number of benzene rings is 3. The van der Waals surface area contributed by atoms with Crippen LogP contribution in [0.4, 0.5) is 22.9 Å². The van der Waals surface area contributed by atoms with Gasteiger partial charge in [0.2, 0.25) is 0 Å². The lowest BCUT2D eigenvalue weighted by molar-refractivity contribution is -0.384. The van der Waals surface area contributed by atoms with Crippen molar-refractivity contribution in [2.75, 3.05) is 80.7 Å². The van der Waals surface area contributed by atoms with Gasteiger partial charge in [0, 0.05) is 94.0 Å². The minimum Gasteiger partial charge on any atom is -0.491 e. The number of sulfonamides is 1. The molecule has 3 N–H and O–H groups in total. The Hall–Kier alpha value is -5.53. The number of hydrogen-bond donors (Lipinski definition) is 3. The van der Waals surface area contributed by atoms with Crippen LogP contribution < -0.4 is 29.3 Å². The maximum atomic E-state index is 13.4. The van der Waals surface area contributed by atoms with Crippen molar-refractivity contribution in [1.82, 2.24) is 19.5 Å². The SMILES string of the molecule is CC(C)Oc1ccccc1[C@H]1CN(Cc2cnc(N3CCOCC3)c(OC(C)C)c2)CCN1C1CC2(CCN(c3ccc(C(=O)NS(=O)(=O)c4ccc(NCC5CCC(C)(O)CC5)c([N+](=O)[O-])c4)cc3)CC2)C1. The first-order chi connectivity index (χ1) is 34.9. The summed E-state index contributed by atoms with van der Waals surface area (Å²) in [6, 6.07) is 21.9. The summed E-state index contributed by atoms with van der Waals surface area (Å²) in [4.78, 5) is 39.2. The van der Waals surface area contributed by atoms with Crippen LogP contribution in [-0.4, -0.2) is 129 Å². The normalized spacial score (nSPS) is 23.1. The number of nitrogens with zero attached hydrogens (tertiary/aromatic N) is 6. The first-order valence-electron chi connectivity index (χ1n) is 26.3. The molecule has 2 saturated carbocycles. The molecular formula is C55H74N8O9S. The van der Waals surface area contributed by atoms with Gasteiger partial charge in [0.25, 0.3) is 21.6 Å². The van der Waals surface area contributed by atoms with Gasteiger partial charge in [0.05, 0.1) is 46.9 Å². The van der Waals surface area contributed by atoms with Crippen molar-refractivity contribution < 1.29 is 37.5 Å². The van der Waals surface area contributed by atoms with Crippen molar-refractivity contribution >= 4 is 38.8 Å². The number of nitrogens with one attached hydrogen (secondary N) is 2. The number of aliphatic hydroxyl groups is 1. The Balaban J connectivity index is 0.805. The van der Waals surface area contributed by atoms with Gasteiger partial charge in [-0.25, -0.2) is 18.1 Å². The summed E-state index contributed by atoms with van der Waals surface area (Å²) in [6.45, 7) is 18.8. The van der Waals surface area contributed by atoms with Crippen molar-refractivity contribution in [2.45, 2.75) is 127 Å². The molecule has 1 atom stereocenters. The quantitative estimate of drug-likeness (QED) is 0.0677. The van der Waals surface area contributed by atoms with Crippen LogP contribution in [0.3, 0.4) is 0 Å². The number of carbonyl (C=O) groups is 1. The Bertz CT molecular complexity index is 2670. The topological polar surface area (TPSA) is 192 Å². The zero-order valence-corrected chi connectivity index (χ0v) is 43.9. The van der Waals surface area contributed by atoms with E-state index in [1.165, 1.54) is 17.7 Å². The number of pyridine rings is 1. The van der Waals surface area contributed by atoms with Crippen LogP contribution in [-0.2, 0) is 21.3 Å². The number of piperidine rings is 1. The molecular weight excluding hydrogens is 949 g/mol. The van der Waals surface area contributed by atoms with E-state index >= 15 is 0 Å². The summed E-state index contributed by atoms with van der Waals surface area (Å²) in [5.74, 6) is 2.06. The number of morpholine rings is 1. The lowest BCUT2D eigenvalue weighted by Gasteiger charge is -2.58. The number of carbonyl (C=O) groups excluding carboxylic acids is 1. The van der Waals surface area contributed by atoms with Crippen LogP contribution in [0.5, 0.6) is 11.5 Å². The van der Waals surface area contributed by atoms with Crippen molar-refractivity contribution in [3.8, 4) is 11.5 Å². The van der Waals surface area contributed by atoms with Gasteiger partial charge in [-0.2, -0.15) is 0 Å². The van der Waals surface area contributed by atoms with Crippen LogP contribution >= 0.6 is 0 Å². The number of ether oxygens (including phenoxy) is 3. The molecule has 5 fully saturated rings. The molecule has 3 aliphatic heterocycles. The molecule has 4 aromatic rings. The minimum atomic E-state index is -4.43. The molecule has 394 valence electrons.